The Labute approximate surface area is 200 Å². The lowest BCUT2D eigenvalue weighted by molar-refractivity contribution is -0.529. The van der Waals surface area contributed by atoms with Crippen LogP contribution in [0.3, 0.4) is 0 Å². The Bertz CT molecular complexity index is 783. The molecule has 0 aliphatic heterocycles. The molecule has 0 heterocycles. The minimum atomic E-state index is -1.60. The maximum Gasteiger partial charge on any atom is 0.310 e. The van der Waals surface area contributed by atoms with Crippen LogP contribution < -0.4 is 11.3 Å². The number of hydrazine groups is 1. The van der Waals surface area contributed by atoms with E-state index in [1.54, 1.807) is 43.3 Å². The molecule has 0 bridgehead atoms. The number of allylic oxidation sites excluding steroid dienone is 2. The Balaban J connectivity index is 0. The first-order valence-corrected chi connectivity index (χ1v) is 9.93. The third-order valence-corrected chi connectivity index (χ3v) is 5.42. The number of hydrogen-bond acceptors (Lipinski definition) is 6. The highest BCUT2D eigenvalue weighted by Crippen LogP contribution is 2.40. The third kappa shape index (κ3) is 10.1. The first-order valence-electron chi connectivity index (χ1n) is 8.38. The SMILES string of the molecule is CC(C)(C)NN.CC1=CC=CC(C(=O)Cl)C1(Br)[N+](=O)[O-].Cl.O=C(Cl)c1ccccc1. The quantitative estimate of drug-likeness (QED) is 0.138. The van der Waals surface area contributed by atoms with Gasteiger partial charge in [-0.2, -0.15) is 0 Å². The molecule has 3 N–H and O–H groups in total. The van der Waals surface area contributed by atoms with E-state index in [2.05, 4.69) is 21.4 Å². The Morgan fingerprint density at radius 2 is 1.70 bits per heavy atom. The molecule has 168 valence electrons. The number of nitrogens with one attached hydrogen (secondary N) is 1. The molecule has 1 aromatic rings. The molecule has 0 aromatic heterocycles. The standard InChI is InChI=1S/C8H7BrClNO3.C7H5ClO.C4H12N2.ClH/c1-5-3-2-4-6(7(10)12)8(5,9)11(13)14;8-7(9)6-4-2-1-3-5-6;1-4(2,3)6-5;/h2-4,6H,1H3;1-5H;6H,5H2,1-3H3;1H. The van der Waals surface area contributed by atoms with Gasteiger partial charge in [-0.15, -0.1) is 12.4 Å². The van der Waals surface area contributed by atoms with Crippen LogP contribution in [0.25, 0.3) is 0 Å². The molecule has 1 aliphatic rings. The van der Waals surface area contributed by atoms with Gasteiger partial charge < -0.3 is 0 Å². The molecule has 0 amide bonds. The zero-order valence-corrected chi connectivity index (χ0v) is 20.8. The number of halogens is 4. The maximum absolute atomic E-state index is 11.0. The zero-order valence-electron chi connectivity index (χ0n) is 16.9. The predicted molar refractivity (Wildman–Crippen MR) is 127 cm³/mol. The summed E-state index contributed by atoms with van der Waals surface area (Å²) in [7, 11) is 0. The molecule has 1 aliphatic carbocycles. The third-order valence-electron chi connectivity index (χ3n) is 3.56. The topological polar surface area (TPSA) is 115 Å². The van der Waals surface area contributed by atoms with Crippen molar-refractivity contribution in [1.29, 1.82) is 0 Å². The summed E-state index contributed by atoms with van der Waals surface area (Å²) in [5.74, 6) is 4.09. The van der Waals surface area contributed by atoms with Crippen molar-refractivity contribution in [3.05, 3.63) is 69.8 Å². The molecular weight excluding hydrogens is 520 g/mol. The van der Waals surface area contributed by atoms with Gasteiger partial charge in [-0.25, -0.2) is 0 Å². The molecule has 2 atom stereocenters. The van der Waals surface area contributed by atoms with Gasteiger partial charge in [0, 0.05) is 37.5 Å². The van der Waals surface area contributed by atoms with Crippen LogP contribution in [0.4, 0.5) is 0 Å². The average molecular weight is 546 g/mol. The van der Waals surface area contributed by atoms with E-state index in [0.29, 0.717) is 11.1 Å². The first-order chi connectivity index (χ1) is 13.3. The van der Waals surface area contributed by atoms with Crippen molar-refractivity contribution < 1.29 is 14.5 Å². The van der Waals surface area contributed by atoms with E-state index in [-0.39, 0.29) is 17.9 Å². The van der Waals surface area contributed by atoms with E-state index < -0.39 is 25.8 Å². The van der Waals surface area contributed by atoms with Gasteiger partial charge >= 0.3 is 4.45 Å². The number of benzene rings is 1. The summed E-state index contributed by atoms with van der Waals surface area (Å²) in [6.45, 7) is 7.60. The Hall–Kier alpha value is -1.29. The number of alkyl halides is 1. The van der Waals surface area contributed by atoms with Gasteiger partial charge in [-0.05, 0) is 50.9 Å². The van der Waals surface area contributed by atoms with Crippen LogP contribution in [0.15, 0.2) is 54.1 Å². The fraction of sp³-hybridized carbons (Fsp3) is 0.368. The second-order valence-electron chi connectivity index (χ2n) is 6.98. The van der Waals surface area contributed by atoms with E-state index in [0.717, 1.165) is 0 Å². The van der Waals surface area contributed by atoms with Gasteiger partial charge in [0.2, 0.25) is 5.24 Å². The highest BCUT2D eigenvalue weighted by atomic mass is 79.9. The first kappa shape index (κ1) is 30.9. The minimum Gasteiger partial charge on any atom is -0.280 e. The molecule has 30 heavy (non-hydrogen) atoms. The summed E-state index contributed by atoms with van der Waals surface area (Å²) < 4.78 is -1.60. The molecule has 0 saturated carbocycles. The van der Waals surface area contributed by atoms with E-state index in [4.69, 9.17) is 29.0 Å². The molecule has 1 aromatic carbocycles. The largest absolute Gasteiger partial charge is 0.310 e. The Kier molecular flexibility index (Phi) is 14.3. The van der Waals surface area contributed by atoms with E-state index in [9.17, 15) is 19.7 Å². The lowest BCUT2D eigenvalue weighted by atomic mass is 9.90. The average Bonchev–Trinajstić information content (AvgIpc) is 2.64. The van der Waals surface area contributed by atoms with Crippen LogP contribution in [-0.2, 0) is 4.79 Å². The summed E-state index contributed by atoms with van der Waals surface area (Å²) in [6.07, 6.45) is 4.58. The fourth-order valence-electron chi connectivity index (χ4n) is 1.85. The maximum atomic E-state index is 11.0. The molecule has 0 spiro atoms. The molecule has 2 unspecified atom stereocenters. The van der Waals surface area contributed by atoms with Crippen LogP contribution in [0.1, 0.15) is 38.1 Å². The normalized spacial score (nSPS) is 19.6. The Morgan fingerprint density at radius 1 is 1.23 bits per heavy atom. The summed E-state index contributed by atoms with van der Waals surface area (Å²) >= 11 is 13.4. The summed E-state index contributed by atoms with van der Waals surface area (Å²) in [5, 5.41) is 9.72. The van der Waals surface area contributed by atoms with E-state index in [1.807, 2.05) is 26.8 Å². The molecule has 0 fully saturated rings. The van der Waals surface area contributed by atoms with Crippen LogP contribution in [0, 0.1) is 16.0 Å². The lowest BCUT2D eigenvalue weighted by Gasteiger charge is -2.26. The number of rotatable bonds is 3. The van der Waals surface area contributed by atoms with Gasteiger partial charge in [-0.3, -0.25) is 31.0 Å². The van der Waals surface area contributed by atoms with Gasteiger partial charge in [0.15, 0.2) is 0 Å². The highest BCUT2D eigenvalue weighted by molar-refractivity contribution is 9.10. The number of nitrogens with two attached hydrogens (primary N) is 1. The van der Waals surface area contributed by atoms with Crippen LogP contribution >= 0.6 is 51.5 Å². The molecular formula is C19H25BrCl3N3O4. The van der Waals surface area contributed by atoms with Crippen molar-refractivity contribution in [3.63, 3.8) is 0 Å². The number of carbonyl (C=O) groups is 2. The Morgan fingerprint density at radius 3 is 1.97 bits per heavy atom. The number of nitrogens with zero attached hydrogens (tertiary/aromatic N) is 1. The second-order valence-corrected chi connectivity index (χ2v) is 8.91. The second kappa shape index (κ2) is 13.9. The number of carbonyl (C=O) groups excluding carboxylic acids is 2. The molecule has 2 rings (SSSR count). The van der Waals surface area contributed by atoms with Gasteiger partial charge in [0.25, 0.3) is 5.24 Å². The van der Waals surface area contributed by atoms with E-state index in [1.165, 1.54) is 6.08 Å². The van der Waals surface area contributed by atoms with Crippen LogP contribution in [0.5, 0.6) is 0 Å². The monoisotopic (exact) mass is 543 g/mol. The predicted octanol–water partition coefficient (Wildman–Crippen LogP) is 4.99. The van der Waals surface area contributed by atoms with Gasteiger partial charge in [0.1, 0.15) is 5.92 Å². The molecule has 11 heteroatoms. The number of hydrogen-bond donors (Lipinski definition) is 2. The molecule has 0 radical (unpaired) electrons. The van der Waals surface area contributed by atoms with Crippen molar-refractivity contribution in [1.82, 2.24) is 5.43 Å². The van der Waals surface area contributed by atoms with Crippen molar-refractivity contribution in [3.8, 4) is 0 Å². The van der Waals surface area contributed by atoms with Crippen molar-refractivity contribution in [2.75, 3.05) is 0 Å². The summed E-state index contributed by atoms with van der Waals surface area (Å²) in [6, 6.07) is 8.74. The van der Waals surface area contributed by atoms with Crippen LogP contribution in [-0.4, -0.2) is 25.4 Å². The summed E-state index contributed by atoms with van der Waals surface area (Å²) in [5.41, 5.74) is 3.66. The minimum absolute atomic E-state index is 0. The van der Waals surface area contributed by atoms with Crippen molar-refractivity contribution >= 4 is 62.0 Å². The van der Waals surface area contributed by atoms with Gasteiger partial charge in [0.05, 0.1) is 0 Å². The fourth-order valence-corrected chi connectivity index (χ4v) is 2.83. The van der Waals surface area contributed by atoms with Crippen LogP contribution in [0.2, 0.25) is 0 Å². The smallest absolute Gasteiger partial charge is 0.280 e. The van der Waals surface area contributed by atoms with Gasteiger partial charge in [-0.1, -0.05) is 48.6 Å². The lowest BCUT2D eigenvalue weighted by Crippen LogP contribution is -2.43. The van der Waals surface area contributed by atoms with Crippen molar-refractivity contribution in [2.24, 2.45) is 11.8 Å². The van der Waals surface area contributed by atoms with Crippen molar-refractivity contribution in [2.45, 2.75) is 37.7 Å². The molecule has 0 saturated heterocycles. The zero-order chi connectivity index (χ0) is 22.8. The molecule has 7 nitrogen and oxygen atoms in total. The number of nitro groups is 1. The van der Waals surface area contributed by atoms with E-state index >= 15 is 0 Å². The highest BCUT2D eigenvalue weighted by Gasteiger charge is 2.52. The summed E-state index contributed by atoms with van der Waals surface area (Å²) in [4.78, 5) is 31.8.